The topological polar surface area (TPSA) is 65.1 Å². The zero-order chi connectivity index (χ0) is 19.1. The van der Waals surface area contributed by atoms with E-state index in [1.807, 2.05) is 18.6 Å². The second kappa shape index (κ2) is 7.08. The van der Waals surface area contributed by atoms with Crippen molar-refractivity contribution in [2.45, 2.75) is 38.5 Å². The lowest BCUT2D eigenvalue weighted by Crippen LogP contribution is -2.49. The highest BCUT2D eigenvalue weighted by atomic mass is 16.2. The van der Waals surface area contributed by atoms with Gasteiger partial charge in [-0.25, -0.2) is 9.78 Å². The lowest BCUT2D eigenvalue weighted by atomic mass is 9.87. The fourth-order valence-electron chi connectivity index (χ4n) is 4.96. The Morgan fingerprint density at radius 1 is 1.11 bits per heavy atom. The van der Waals surface area contributed by atoms with Crippen LogP contribution in [-0.2, 0) is 0 Å². The van der Waals surface area contributed by atoms with Gasteiger partial charge in [0.25, 0.3) is 0 Å². The van der Waals surface area contributed by atoms with Gasteiger partial charge in [-0.15, -0.1) is 0 Å². The van der Waals surface area contributed by atoms with Crippen LogP contribution in [0, 0.1) is 5.92 Å². The molecule has 2 amide bonds. The summed E-state index contributed by atoms with van der Waals surface area (Å²) in [5.41, 5.74) is 3.20. The zero-order valence-electron chi connectivity index (χ0n) is 16.4. The molecule has 1 N–H and O–H groups in total. The molecule has 6 heteroatoms. The Labute approximate surface area is 164 Å². The summed E-state index contributed by atoms with van der Waals surface area (Å²) in [6.07, 6.45) is 10.1. The Morgan fingerprint density at radius 3 is 2.79 bits per heavy atom. The van der Waals surface area contributed by atoms with E-state index in [1.54, 1.807) is 0 Å². The van der Waals surface area contributed by atoms with Crippen molar-refractivity contribution in [3.05, 3.63) is 36.3 Å². The van der Waals surface area contributed by atoms with Gasteiger partial charge in [0.15, 0.2) is 0 Å². The first-order chi connectivity index (χ1) is 13.7. The van der Waals surface area contributed by atoms with Crippen LogP contribution in [-0.4, -0.2) is 57.0 Å². The summed E-state index contributed by atoms with van der Waals surface area (Å²) >= 11 is 0. The Balaban J connectivity index is 1.36. The molecule has 1 unspecified atom stereocenters. The third kappa shape index (κ3) is 3.01. The van der Waals surface area contributed by atoms with Crippen molar-refractivity contribution in [3.63, 3.8) is 0 Å². The molecule has 5 heterocycles. The molecule has 0 bridgehead atoms. The number of pyridine rings is 2. The molecule has 1 atom stereocenters. The standard InChI is InChI=1S/C22H27N5O/c1-15-3-2-10-27(14-15)22(28)26-11-6-16(7-12-26)17-4-8-23-19-13-25-21-18(20(17)19)5-9-24-21/h4-5,8-9,13,15-16H,2-3,6-7,10-12,14H2,1H3,(H,24,25). The van der Waals surface area contributed by atoms with E-state index in [0.717, 1.165) is 62.0 Å². The summed E-state index contributed by atoms with van der Waals surface area (Å²) in [7, 11) is 0. The van der Waals surface area contributed by atoms with Crippen molar-refractivity contribution >= 4 is 28.0 Å². The molecule has 0 aromatic carbocycles. The van der Waals surface area contributed by atoms with E-state index >= 15 is 0 Å². The van der Waals surface area contributed by atoms with Crippen molar-refractivity contribution in [2.75, 3.05) is 26.2 Å². The fourth-order valence-corrected chi connectivity index (χ4v) is 4.96. The maximum Gasteiger partial charge on any atom is 0.320 e. The third-order valence-electron chi connectivity index (χ3n) is 6.46. The van der Waals surface area contributed by atoms with Crippen LogP contribution in [0.25, 0.3) is 21.9 Å². The summed E-state index contributed by atoms with van der Waals surface area (Å²) in [5.74, 6) is 1.08. The van der Waals surface area contributed by atoms with Crippen LogP contribution < -0.4 is 0 Å². The average Bonchev–Trinajstić information content (AvgIpc) is 3.22. The molecule has 5 rings (SSSR count). The summed E-state index contributed by atoms with van der Waals surface area (Å²) in [6.45, 7) is 5.73. The second-order valence-electron chi connectivity index (χ2n) is 8.40. The van der Waals surface area contributed by atoms with Crippen molar-refractivity contribution in [2.24, 2.45) is 5.92 Å². The van der Waals surface area contributed by atoms with Gasteiger partial charge in [-0.1, -0.05) is 6.92 Å². The number of rotatable bonds is 1. The Kier molecular flexibility index (Phi) is 4.41. The van der Waals surface area contributed by atoms with Gasteiger partial charge in [0.2, 0.25) is 0 Å². The lowest BCUT2D eigenvalue weighted by Gasteiger charge is -2.38. The maximum atomic E-state index is 12.9. The van der Waals surface area contributed by atoms with Gasteiger partial charge in [-0.05, 0) is 55.2 Å². The molecule has 0 spiro atoms. The van der Waals surface area contributed by atoms with Crippen molar-refractivity contribution in [3.8, 4) is 0 Å². The van der Waals surface area contributed by atoms with E-state index < -0.39 is 0 Å². The first-order valence-corrected chi connectivity index (χ1v) is 10.5. The number of amides is 2. The van der Waals surface area contributed by atoms with Crippen LogP contribution in [0.3, 0.4) is 0 Å². The van der Waals surface area contributed by atoms with Gasteiger partial charge >= 0.3 is 6.03 Å². The summed E-state index contributed by atoms with van der Waals surface area (Å²) in [4.78, 5) is 29.3. The lowest BCUT2D eigenvalue weighted by molar-refractivity contribution is 0.121. The minimum Gasteiger partial charge on any atom is -0.346 e. The van der Waals surface area contributed by atoms with E-state index in [4.69, 9.17) is 0 Å². The van der Waals surface area contributed by atoms with Crippen LogP contribution in [0.2, 0.25) is 0 Å². The van der Waals surface area contributed by atoms with Crippen molar-refractivity contribution < 1.29 is 4.79 Å². The number of carbonyl (C=O) groups is 1. The molecular weight excluding hydrogens is 350 g/mol. The van der Waals surface area contributed by atoms with E-state index in [0.29, 0.717) is 11.8 Å². The van der Waals surface area contributed by atoms with E-state index in [9.17, 15) is 4.79 Å². The number of likely N-dealkylation sites (tertiary alicyclic amines) is 2. The minimum absolute atomic E-state index is 0.238. The maximum absolute atomic E-state index is 12.9. The molecular formula is C22H27N5O. The zero-order valence-corrected chi connectivity index (χ0v) is 16.4. The third-order valence-corrected chi connectivity index (χ3v) is 6.46. The van der Waals surface area contributed by atoms with Crippen LogP contribution in [0.1, 0.15) is 44.1 Å². The van der Waals surface area contributed by atoms with Gasteiger partial charge in [-0.3, -0.25) is 4.98 Å². The van der Waals surface area contributed by atoms with E-state index in [1.165, 1.54) is 17.4 Å². The normalized spacial score (nSPS) is 21.5. The predicted octanol–water partition coefficient (Wildman–Crippen LogP) is 4.14. The predicted molar refractivity (Wildman–Crippen MR) is 110 cm³/mol. The van der Waals surface area contributed by atoms with Gasteiger partial charge in [0.05, 0.1) is 11.7 Å². The minimum atomic E-state index is 0.238. The van der Waals surface area contributed by atoms with Gasteiger partial charge < -0.3 is 14.8 Å². The SMILES string of the molecule is CC1CCCN(C(=O)N2CCC(c3ccnc4cnc5[nH]ccc5c34)CC2)C1. The molecule has 3 aromatic rings. The summed E-state index contributed by atoms with van der Waals surface area (Å²) in [6, 6.07) is 4.48. The van der Waals surface area contributed by atoms with Crippen LogP contribution >= 0.6 is 0 Å². The van der Waals surface area contributed by atoms with Gasteiger partial charge in [-0.2, -0.15) is 0 Å². The van der Waals surface area contributed by atoms with Crippen LogP contribution in [0.15, 0.2) is 30.7 Å². The number of fused-ring (bicyclic) bond motifs is 3. The molecule has 28 heavy (non-hydrogen) atoms. The van der Waals surface area contributed by atoms with Crippen molar-refractivity contribution in [1.82, 2.24) is 24.8 Å². The number of aromatic nitrogens is 3. The number of carbonyl (C=O) groups excluding carboxylic acids is 1. The number of nitrogens with zero attached hydrogens (tertiary/aromatic N) is 4. The molecule has 6 nitrogen and oxygen atoms in total. The number of aromatic amines is 1. The van der Waals surface area contributed by atoms with E-state index in [-0.39, 0.29) is 6.03 Å². The Hall–Kier alpha value is -2.63. The van der Waals surface area contributed by atoms with E-state index in [2.05, 4.69) is 43.8 Å². The second-order valence-corrected chi connectivity index (χ2v) is 8.40. The number of hydrogen-bond donors (Lipinski definition) is 1. The Bertz CT molecular complexity index is 1000. The highest BCUT2D eigenvalue weighted by molar-refractivity contribution is 6.05. The molecule has 2 aliphatic rings. The fraction of sp³-hybridized carbons (Fsp3) is 0.500. The molecule has 0 radical (unpaired) electrons. The molecule has 2 saturated heterocycles. The molecule has 146 valence electrons. The Morgan fingerprint density at radius 2 is 1.96 bits per heavy atom. The molecule has 0 aliphatic carbocycles. The molecule has 0 saturated carbocycles. The molecule has 3 aromatic heterocycles. The molecule has 2 fully saturated rings. The number of hydrogen-bond acceptors (Lipinski definition) is 3. The number of urea groups is 1. The molecule has 2 aliphatic heterocycles. The monoisotopic (exact) mass is 377 g/mol. The number of piperidine rings is 2. The summed E-state index contributed by atoms with van der Waals surface area (Å²) < 4.78 is 0. The largest absolute Gasteiger partial charge is 0.346 e. The van der Waals surface area contributed by atoms with Crippen LogP contribution in [0.4, 0.5) is 4.79 Å². The van der Waals surface area contributed by atoms with Crippen LogP contribution in [0.5, 0.6) is 0 Å². The highest BCUT2D eigenvalue weighted by Gasteiger charge is 2.30. The van der Waals surface area contributed by atoms with Gasteiger partial charge in [0, 0.05) is 49.3 Å². The smallest absolute Gasteiger partial charge is 0.320 e. The number of nitrogens with one attached hydrogen (secondary N) is 1. The average molecular weight is 377 g/mol. The first kappa shape index (κ1) is 17.5. The quantitative estimate of drug-likeness (QED) is 0.693. The highest BCUT2D eigenvalue weighted by Crippen LogP contribution is 2.35. The summed E-state index contributed by atoms with van der Waals surface area (Å²) in [5, 5.41) is 2.35. The number of H-pyrrole nitrogens is 1. The van der Waals surface area contributed by atoms with Crippen molar-refractivity contribution in [1.29, 1.82) is 0 Å². The van der Waals surface area contributed by atoms with Gasteiger partial charge in [0.1, 0.15) is 5.65 Å². The first-order valence-electron chi connectivity index (χ1n) is 10.5.